The zero-order chi connectivity index (χ0) is 13.9. The van der Waals surface area contributed by atoms with E-state index in [0.717, 1.165) is 6.42 Å². The number of unbranched alkanes of at least 4 members (excludes halogenated alkanes) is 3. The second-order valence-electron chi connectivity index (χ2n) is 4.40. The van der Waals surface area contributed by atoms with E-state index in [4.69, 9.17) is 16.3 Å². The topological polar surface area (TPSA) is 26.3 Å². The average molecular weight is 281 g/mol. The lowest BCUT2D eigenvalue weighted by atomic mass is 10.2. The molecule has 1 atom stereocenters. The molecule has 0 unspecified atom stereocenters. The minimum absolute atomic E-state index is 0.397. The molecule has 0 bridgehead atoms. The number of para-hydroxylation sites is 1. The van der Waals surface area contributed by atoms with Crippen molar-refractivity contribution in [1.29, 1.82) is 0 Å². The molecule has 2 nitrogen and oxygen atoms in total. The minimum Gasteiger partial charge on any atom is -0.425 e. The smallest absolute Gasteiger partial charge is 0.329 e. The molecule has 0 saturated carbocycles. The molecule has 1 aromatic carbocycles. The number of alkyl halides is 1. The van der Waals surface area contributed by atoms with Gasteiger partial charge in [-0.1, -0.05) is 50.1 Å². The fourth-order valence-electron chi connectivity index (χ4n) is 1.61. The molecule has 0 saturated heterocycles. The van der Waals surface area contributed by atoms with Crippen LogP contribution in [-0.4, -0.2) is 11.3 Å². The summed E-state index contributed by atoms with van der Waals surface area (Å²) in [4.78, 5) is 11.7. The predicted molar refractivity (Wildman–Crippen MR) is 79.6 cm³/mol. The highest BCUT2D eigenvalue weighted by Crippen LogP contribution is 2.13. The number of hydrogen-bond acceptors (Lipinski definition) is 2. The largest absolute Gasteiger partial charge is 0.425 e. The zero-order valence-electron chi connectivity index (χ0n) is 11.3. The lowest BCUT2D eigenvalue weighted by Crippen LogP contribution is -2.20. The molecule has 0 heterocycles. The Labute approximate surface area is 120 Å². The number of halogens is 1. The summed E-state index contributed by atoms with van der Waals surface area (Å²) >= 11 is 6.00. The SMILES string of the molecule is CCCCC/C=C\C[C@H](Cl)C(=O)Oc1ccccc1. The van der Waals surface area contributed by atoms with Gasteiger partial charge in [0.2, 0.25) is 0 Å². The highest BCUT2D eigenvalue weighted by Gasteiger charge is 2.15. The standard InChI is InChI=1S/C16H21ClO2/c1-2-3-4-5-6-10-13-15(17)16(18)19-14-11-8-7-9-12-14/h6-12,15H,2-5,13H2,1H3/b10-6-/t15-/m0/s1. The van der Waals surface area contributed by atoms with E-state index in [1.165, 1.54) is 19.3 Å². The summed E-state index contributed by atoms with van der Waals surface area (Å²) in [6.07, 6.45) is 9.25. The van der Waals surface area contributed by atoms with Gasteiger partial charge in [-0.15, -0.1) is 11.6 Å². The summed E-state index contributed by atoms with van der Waals surface area (Å²) in [5.41, 5.74) is 0. The number of rotatable bonds is 8. The third-order valence-corrected chi connectivity index (χ3v) is 3.06. The Bertz CT molecular complexity index is 387. The monoisotopic (exact) mass is 280 g/mol. The highest BCUT2D eigenvalue weighted by molar-refractivity contribution is 6.30. The third kappa shape index (κ3) is 7.02. The average Bonchev–Trinajstić information content (AvgIpc) is 2.43. The Morgan fingerprint density at radius 2 is 2.00 bits per heavy atom. The van der Waals surface area contributed by atoms with Crippen LogP contribution in [0.2, 0.25) is 0 Å². The van der Waals surface area contributed by atoms with Gasteiger partial charge in [-0.3, -0.25) is 4.79 Å². The second kappa shape index (κ2) is 9.62. The summed E-state index contributed by atoms with van der Waals surface area (Å²) in [5.74, 6) is 0.135. The van der Waals surface area contributed by atoms with Gasteiger partial charge in [0.15, 0.2) is 0 Å². The summed E-state index contributed by atoms with van der Waals surface area (Å²) in [6.45, 7) is 2.18. The van der Waals surface area contributed by atoms with E-state index in [1.54, 1.807) is 12.1 Å². The third-order valence-electron chi connectivity index (χ3n) is 2.70. The Morgan fingerprint density at radius 3 is 2.68 bits per heavy atom. The van der Waals surface area contributed by atoms with Crippen LogP contribution < -0.4 is 4.74 Å². The lowest BCUT2D eigenvalue weighted by molar-refractivity contribution is -0.133. The van der Waals surface area contributed by atoms with Crippen molar-refractivity contribution in [1.82, 2.24) is 0 Å². The van der Waals surface area contributed by atoms with Gasteiger partial charge in [0.05, 0.1) is 0 Å². The number of allylic oxidation sites excluding steroid dienone is 2. The van der Waals surface area contributed by atoms with Crippen LogP contribution >= 0.6 is 11.6 Å². The van der Waals surface area contributed by atoms with Crippen molar-refractivity contribution in [3.8, 4) is 5.75 Å². The fourth-order valence-corrected chi connectivity index (χ4v) is 1.76. The predicted octanol–water partition coefficient (Wildman–Crippen LogP) is 4.73. The van der Waals surface area contributed by atoms with Crippen molar-refractivity contribution in [2.24, 2.45) is 0 Å². The number of benzene rings is 1. The summed E-state index contributed by atoms with van der Waals surface area (Å²) in [5, 5.41) is -0.623. The molecular formula is C16H21ClO2. The van der Waals surface area contributed by atoms with Crippen LogP contribution in [0.15, 0.2) is 42.5 Å². The van der Waals surface area contributed by atoms with Gasteiger partial charge in [0.1, 0.15) is 11.1 Å². The molecule has 0 aliphatic heterocycles. The fraction of sp³-hybridized carbons (Fsp3) is 0.438. The van der Waals surface area contributed by atoms with E-state index in [9.17, 15) is 4.79 Å². The van der Waals surface area contributed by atoms with Crippen molar-refractivity contribution in [3.63, 3.8) is 0 Å². The van der Waals surface area contributed by atoms with E-state index >= 15 is 0 Å². The van der Waals surface area contributed by atoms with Gasteiger partial charge in [0.25, 0.3) is 0 Å². The first-order valence-electron chi connectivity index (χ1n) is 6.80. The number of esters is 1. The van der Waals surface area contributed by atoms with Crippen molar-refractivity contribution < 1.29 is 9.53 Å². The van der Waals surface area contributed by atoms with Gasteiger partial charge in [0, 0.05) is 0 Å². The molecule has 1 aromatic rings. The van der Waals surface area contributed by atoms with Crippen molar-refractivity contribution in [3.05, 3.63) is 42.5 Å². The van der Waals surface area contributed by atoms with Crippen molar-refractivity contribution in [2.45, 2.75) is 44.4 Å². The number of carbonyl (C=O) groups is 1. The first-order chi connectivity index (χ1) is 9.24. The van der Waals surface area contributed by atoms with Crippen LogP contribution in [-0.2, 0) is 4.79 Å². The van der Waals surface area contributed by atoms with Crippen molar-refractivity contribution >= 4 is 17.6 Å². The Balaban J connectivity index is 2.25. The van der Waals surface area contributed by atoms with Crippen LogP contribution in [0.5, 0.6) is 5.75 Å². The maximum absolute atomic E-state index is 11.7. The number of hydrogen-bond donors (Lipinski definition) is 0. The maximum Gasteiger partial charge on any atom is 0.329 e. The quantitative estimate of drug-likeness (QED) is 0.226. The van der Waals surface area contributed by atoms with E-state index < -0.39 is 11.3 Å². The molecule has 0 spiro atoms. The first-order valence-corrected chi connectivity index (χ1v) is 7.23. The van der Waals surface area contributed by atoms with E-state index in [2.05, 4.69) is 13.0 Å². The molecule has 19 heavy (non-hydrogen) atoms. The normalized spacial score (nSPS) is 12.5. The van der Waals surface area contributed by atoms with Gasteiger partial charge in [-0.05, 0) is 31.4 Å². The van der Waals surface area contributed by atoms with E-state index in [-0.39, 0.29) is 0 Å². The van der Waals surface area contributed by atoms with Crippen LogP contribution in [0.3, 0.4) is 0 Å². The molecule has 1 rings (SSSR count). The van der Waals surface area contributed by atoms with Gasteiger partial charge >= 0.3 is 5.97 Å². The van der Waals surface area contributed by atoms with Crippen LogP contribution in [0.25, 0.3) is 0 Å². The molecule has 0 amide bonds. The molecule has 0 fully saturated rings. The van der Waals surface area contributed by atoms with Crippen LogP contribution in [0.4, 0.5) is 0 Å². The van der Waals surface area contributed by atoms with Crippen molar-refractivity contribution in [2.75, 3.05) is 0 Å². The minimum atomic E-state index is -0.623. The molecular weight excluding hydrogens is 260 g/mol. The highest BCUT2D eigenvalue weighted by atomic mass is 35.5. The Kier molecular flexibility index (Phi) is 7.99. The number of ether oxygens (including phenoxy) is 1. The van der Waals surface area contributed by atoms with Crippen LogP contribution in [0.1, 0.15) is 39.0 Å². The molecule has 0 N–H and O–H groups in total. The summed E-state index contributed by atoms with van der Waals surface area (Å²) < 4.78 is 5.17. The molecule has 0 aliphatic rings. The van der Waals surface area contributed by atoms with Gasteiger partial charge < -0.3 is 4.74 Å². The first kappa shape index (κ1) is 15.8. The van der Waals surface area contributed by atoms with E-state index in [0.29, 0.717) is 12.2 Å². The van der Waals surface area contributed by atoms with Gasteiger partial charge in [-0.2, -0.15) is 0 Å². The molecule has 0 aliphatic carbocycles. The maximum atomic E-state index is 11.7. The van der Waals surface area contributed by atoms with E-state index in [1.807, 2.05) is 24.3 Å². The Morgan fingerprint density at radius 1 is 1.26 bits per heavy atom. The summed E-state index contributed by atoms with van der Waals surface area (Å²) in [7, 11) is 0. The number of carbonyl (C=O) groups excluding carboxylic acids is 1. The molecule has 0 radical (unpaired) electrons. The summed E-state index contributed by atoms with van der Waals surface area (Å²) in [6, 6.07) is 8.98. The second-order valence-corrected chi connectivity index (χ2v) is 4.93. The Hall–Kier alpha value is -1.28. The molecule has 104 valence electrons. The van der Waals surface area contributed by atoms with Gasteiger partial charge in [-0.25, -0.2) is 0 Å². The lowest BCUT2D eigenvalue weighted by Gasteiger charge is -2.07. The zero-order valence-corrected chi connectivity index (χ0v) is 12.1. The molecule has 3 heteroatoms. The molecule has 0 aromatic heterocycles. The van der Waals surface area contributed by atoms with Crippen LogP contribution in [0, 0.1) is 0 Å².